The summed E-state index contributed by atoms with van der Waals surface area (Å²) in [6, 6.07) is 1.83. The Morgan fingerprint density at radius 2 is 1.81 bits per heavy atom. The Labute approximate surface area is 125 Å². The van der Waals surface area contributed by atoms with Gasteiger partial charge < -0.3 is 15.2 Å². The minimum absolute atomic E-state index is 0.111. The molecule has 0 aromatic carbocycles. The topological polar surface area (TPSA) is 75.9 Å². The normalized spacial score (nSPS) is 11.5. The molecule has 0 amide bonds. The van der Waals surface area contributed by atoms with Gasteiger partial charge in [0.05, 0.1) is 12.7 Å². The summed E-state index contributed by atoms with van der Waals surface area (Å²) >= 11 is 0. The van der Waals surface area contributed by atoms with Crippen molar-refractivity contribution in [2.24, 2.45) is 0 Å². The summed E-state index contributed by atoms with van der Waals surface area (Å²) in [5.74, 6) is 3.28. The van der Waals surface area contributed by atoms with E-state index in [2.05, 4.69) is 53.5 Å². The molecule has 2 aromatic rings. The van der Waals surface area contributed by atoms with Gasteiger partial charge in [-0.15, -0.1) is 0 Å². The smallest absolute Gasteiger partial charge is 0.155 e. The van der Waals surface area contributed by atoms with Crippen molar-refractivity contribution in [1.29, 1.82) is 0 Å². The van der Waals surface area contributed by atoms with Gasteiger partial charge in [-0.2, -0.15) is 0 Å². The van der Waals surface area contributed by atoms with Gasteiger partial charge in [0.15, 0.2) is 5.76 Å². The Kier molecular flexibility index (Phi) is 4.45. The Hall–Kier alpha value is -2.11. The second-order valence-corrected chi connectivity index (χ2v) is 5.98. The molecule has 6 heteroatoms. The zero-order chi connectivity index (χ0) is 15.5. The SMILES string of the molecule is CCNc1nc(C(C)(C)C)nc(NCc2ccno2)c1C. The van der Waals surface area contributed by atoms with E-state index in [0.29, 0.717) is 6.54 Å². The summed E-state index contributed by atoms with van der Waals surface area (Å²) in [4.78, 5) is 9.30. The summed E-state index contributed by atoms with van der Waals surface area (Å²) in [5, 5.41) is 10.3. The molecule has 2 aromatic heterocycles. The first-order chi connectivity index (χ1) is 9.91. The lowest BCUT2D eigenvalue weighted by Crippen LogP contribution is -2.20. The van der Waals surface area contributed by atoms with E-state index in [9.17, 15) is 0 Å². The van der Waals surface area contributed by atoms with Crippen LogP contribution in [-0.2, 0) is 12.0 Å². The first-order valence-electron chi connectivity index (χ1n) is 7.18. The van der Waals surface area contributed by atoms with Crippen molar-refractivity contribution in [1.82, 2.24) is 15.1 Å². The van der Waals surface area contributed by atoms with Crippen LogP contribution < -0.4 is 10.6 Å². The highest BCUT2D eigenvalue weighted by Gasteiger charge is 2.21. The standard InChI is InChI=1S/C15H23N5O/c1-6-16-12-10(2)13(17-9-11-7-8-18-21-11)20-14(19-12)15(3,4)5/h7-8H,6,9H2,1-5H3,(H2,16,17,19,20). The van der Waals surface area contributed by atoms with Crippen molar-refractivity contribution in [2.45, 2.75) is 46.6 Å². The summed E-state index contributed by atoms with van der Waals surface area (Å²) in [7, 11) is 0. The lowest BCUT2D eigenvalue weighted by atomic mass is 9.95. The fraction of sp³-hybridized carbons (Fsp3) is 0.533. The number of anilines is 2. The fourth-order valence-electron chi connectivity index (χ4n) is 1.87. The van der Waals surface area contributed by atoms with Crippen LogP contribution in [0.15, 0.2) is 16.8 Å². The molecule has 0 aliphatic rings. The van der Waals surface area contributed by atoms with E-state index in [1.807, 2.05) is 13.0 Å². The van der Waals surface area contributed by atoms with Crippen LogP contribution in [-0.4, -0.2) is 21.7 Å². The largest absolute Gasteiger partial charge is 0.370 e. The molecule has 6 nitrogen and oxygen atoms in total. The van der Waals surface area contributed by atoms with Crippen LogP contribution in [0.25, 0.3) is 0 Å². The van der Waals surface area contributed by atoms with Gasteiger partial charge in [-0.05, 0) is 13.8 Å². The van der Waals surface area contributed by atoms with Gasteiger partial charge in [0.1, 0.15) is 17.5 Å². The van der Waals surface area contributed by atoms with Crippen LogP contribution >= 0.6 is 0 Å². The molecule has 2 heterocycles. The Balaban J connectivity index is 2.31. The molecule has 0 spiro atoms. The molecule has 0 bridgehead atoms. The van der Waals surface area contributed by atoms with Crippen LogP contribution in [0.5, 0.6) is 0 Å². The second-order valence-electron chi connectivity index (χ2n) is 5.98. The predicted octanol–water partition coefficient (Wildman–Crippen LogP) is 3.11. The molecule has 0 aliphatic heterocycles. The number of nitrogens with zero attached hydrogens (tertiary/aromatic N) is 3. The average molecular weight is 289 g/mol. The van der Waals surface area contributed by atoms with Crippen molar-refractivity contribution >= 4 is 11.6 Å². The van der Waals surface area contributed by atoms with Crippen molar-refractivity contribution in [3.8, 4) is 0 Å². The van der Waals surface area contributed by atoms with Crippen LogP contribution in [0.1, 0.15) is 44.8 Å². The zero-order valence-corrected chi connectivity index (χ0v) is 13.3. The van der Waals surface area contributed by atoms with Gasteiger partial charge in [-0.1, -0.05) is 25.9 Å². The molecule has 0 saturated carbocycles. The third kappa shape index (κ3) is 3.71. The minimum Gasteiger partial charge on any atom is -0.370 e. The highest BCUT2D eigenvalue weighted by atomic mass is 16.5. The van der Waals surface area contributed by atoms with Gasteiger partial charge in [0, 0.05) is 23.6 Å². The Bertz CT molecular complexity index is 587. The maximum absolute atomic E-state index is 5.10. The van der Waals surface area contributed by atoms with Crippen molar-refractivity contribution in [3.63, 3.8) is 0 Å². The van der Waals surface area contributed by atoms with E-state index in [0.717, 1.165) is 35.3 Å². The lowest BCUT2D eigenvalue weighted by molar-refractivity contribution is 0.388. The van der Waals surface area contributed by atoms with Crippen LogP contribution in [0.3, 0.4) is 0 Å². The van der Waals surface area contributed by atoms with Crippen LogP contribution in [0, 0.1) is 6.92 Å². The maximum Gasteiger partial charge on any atom is 0.155 e. The highest BCUT2D eigenvalue weighted by Crippen LogP contribution is 2.26. The predicted molar refractivity (Wildman–Crippen MR) is 83.5 cm³/mol. The molecule has 0 fully saturated rings. The molecule has 0 unspecified atom stereocenters. The van der Waals surface area contributed by atoms with E-state index in [4.69, 9.17) is 4.52 Å². The second kappa shape index (κ2) is 6.11. The number of rotatable bonds is 5. The third-order valence-electron chi connectivity index (χ3n) is 3.08. The third-order valence-corrected chi connectivity index (χ3v) is 3.08. The van der Waals surface area contributed by atoms with E-state index < -0.39 is 0 Å². The summed E-state index contributed by atoms with van der Waals surface area (Å²) in [6.07, 6.45) is 1.63. The van der Waals surface area contributed by atoms with Gasteiger partial charge in [0.25, 0.3) is 0 Å². The Morgan fingerprint density at radius 1 is 1.14 bits per heavy atom. The van der Waals surface area contributed by atoms with E-state index >= 15 is 0 Å². The van der Waals surface area contributed by atoms with Crippen LogP contribution in [0.4, 0.5) is 11.6 Å². The molecule has 2 N–H and O–H groups in total. The van der Waals surface area contributed by atoms with Crippen molar-refractivity contribution in [3.05, 3.63) is 29.4 Å². The first-order valence-corrected chi connectivity index (χ1v) is 7.18. The zero-order valence-electron chi connectivity index (χ0n) is 13.3. The summed E-state index contributed by atoms with van der Waals surface area (Å²) in [6.45, 7) is 11.7. The number of hydrogen-bond donors (Lipinski definition) is 2. The maximum atomic E-state index is 5.10. The Morgan fingerprint density at radius 3 is 2.33 bits per heavy atom. The van der Waals surface area contributed by atoms with Crippen molar-refractivity contribution in [2.75, 3.05) is 17.2 Å². The van der Waals surface area contributed by atoms with Crippen molar-refractivity contribution < 1.29 is 4.52 Å². The molecule has 0 aliphatic carbocycles. The van der Waals surface area contributed by atoms with Gasteiger partial charge >= 0.3 is 0 Å². The summed E-state index contributed by atoms with van der Waals surface area (Å²) in [5.41, 5.74) is 0.893. The van der Waals surface area contributed by atoms with E-state index in [-0.39, 0.29) is 5.41 Å². The molecule has 0 saturated heterocycles. The molecule has 114 valence electrons. The van der Waals surface area contributed by atoms with Gasteiger partial charge in [0.2, 0.25) is 0 Å². The molecular formula is C15H23N5O. The minimum atomic E-state index is -0.111. The van der Waals surface area contributed by atoms with Gasteiger partial charge in [-0.3, -0.25) is 0 Å². The molecule has 21 heavy (non-hydrogen) atoms. The quantitative estimate of drug-likeness (QED) is 0.880. The van der Waals surface area contributed by atoms with Gasteiger partial charge in [-0.25, -0.2) is 9.97 Å². The molecule has 2 rings (SSSR count). The highest BCUT2D eigenvalue weighted by molar-refractivity contribution is 5.57. The fourth-order valence-corrected chi connectivity index (χ4v) is 1.87. The number of nitrogens with one attached hydrogen (secondary N) is 2. The molecule has 0 radical (unpaired) electrons. The number of aromatic nitrogens is 3. The van der Waals surface area contributed by atoms with Crippen LogP contribution in [0.2, 0.25) is 0 Å². The summed E-state index contributed by atoms with van der Waals surface area (Å²) < 4.78 is 5.10. The lowest BCUT2D eigenvalue weighted by Gasteiger charge is -2.21. The van der Waals surface area contributed by atoms with E-state index in [1.54, 1.807) is 6.20 Å². The number of hydrogen-bond acceptors (Lipinski definition) is 6. The monoisotopic (exact) mass is 289 g/mol. The molecule has 0 atom stereocenters. The molecular weight excluding hydrogens is 266 g/mol. The average Bonchev–Trinajstić information content (AvgIpc) is 2.91. The van der Waals surface area contributed by atoms with E-state index in [1.165, 1.54) is 0 Å². The first kappa shape index (κ1) is 15.3.